The van der Waals surface area contributed by atoms with Gasteiger partial charge in [-0.2, -0.15) is 8.78 Å². The van der Waals surface area contributed by atoms with Crippen LogP contribution in [0.5, 0.6) is 11.5 Å². The number of hydrogen-bond acceptors (Lipinski definition) is 5. The average molecular weight is 454 g/mol. The average Bonchev–Trinajstić information content (AvgIpc) is 3.16. The predicted octanol–water partition coefficient (Wildman–Crippen LogP) is 5.66. The Morgan fingerprint density at radius 1 is 1.06 bits per heavy atom. The van der Waals surface area contributed by atoms with E-state index in [1.807, 2.05) is 42.3 Å². The molecule has 172 valence electrons. The molecule has 0 spiro atoms. The Bertz CT molecular complexity index is 1270. The second-order valence-electron chi connectivity index (χ2n) is 7.75. The van der Waals surface area contributed by atoms with Crippen molar-refractivity contribution in [3.05, 3.63) is 66.2 Å². The molecular weight excluding hydrogens is 430 g/mol. The third-order valence-corrected chi connectivity index (χ3v) is 5.58. The van der Waals surface area contributed by atoms with Crippen LogP contribution in [0, 0.1) is 0 Å². The van der Waals surface area contributed by atoms with E-state index in [1.165, 1.54) is 12.1 Å². The minimum atomic E-state index is -2.86. The number of benzene rings is 3. The zero-order valence-electron chi connectivity index (χ0n) is 18.5. The first-order valence-electron chi connectivity index (χ1n) is 10.4. The molecule has 0 aliphatic rings. The van der Waals surface area contributed by atoms with Crippen LogP contribution in [0.25, 0.3) is 21.9 Å². The number of ether oxygens (including phenoxy) is 2. The first kappa shape index (κ1) is 22.5. The molecule has 0 bridgehead atoms. The normalized spacial score (nSPS) is 12.5. The molecule has 1 N–H and O–H groups in total. The summed E-state index contributed by atoms with van der Waals surface area (Å²) < 4.78 is 40.4. The highest BCUT2D eigenvalue weighted by Crippen LogP contribution is 2.36. The number of rotatable bonds is 8. The molecule has 0 unspecified atom stereocenters. The van der Waals surface area contributed by atoms with Crippen LogP contribution < -0.4 is 14.8 Å². The number of anilines is 1. The topological polar surface area (TPSA) is 63.9 Å². The van der Waals surface area contributed by atoms with Crippen LogP contribution in [0.3, 0.4) is 0 Å². The number of methoxy groups -OCH3 is 1. The Kier molecular flexibility index (Phi) is 6.46. The van der Waals surface area contributed by atoms with Crippen LogP contribution >= 0.6 is 0 Å². The molecule has 8 heteroatoms. The summed E-state index contributed by atoms with van der Waals surface area (Å²) in [5.41, 5.74) is 2.79. The minimum Gasteiger partial charge on any atom is -0.495 e. The number of furan rings is 1. The van der Waals surface area contributed by atoms with Gasteiger partial charge in [-0.25, -0.2) is 0 Å². The zero-order chi connectivity index (χ0) is 23.5. The van der Waals surface area contributed by atoms with Crippen LogP contribution in [0.1, 0.15) is 12.5 Å². The van der Waals surface area contributed by atoms with Gasteiger partial charge in [-0.15, -0.1) is 0 Å². The fraction of sp³-hybridized carbons (Fsp3) is 0.240. The Morgan fingerprint density at radius 3 is 2.48 bits per heavy atom. The minimum absolute atomic E-state index is 0.0928. The lowest BCUT2D eigenvalue weighted by Gasteiger charge is -2.24. The molecule has 1 heterocycles. The number of hydrogen-bond donors (Lipinski definition) is 1. The third kappa shape index (κ3) is 4.90. The summed E-state index contributed by atoms with van der Waals surface area (Å²) in [6, 6.07) is 17.2. The van der Waals surface area contributed by atoms with Gasteiger partial charge in [-0.1, -0.05) is 30.3 Å². The Hall–Kier alpha value is -3.65. The van der Waals surface area contributed by atoms with Gasteiger partial charge in [0.05, 0.1) is 18.8 Å². The van der Waals surface area contributed by atoms with E-state index in [2.05, 4.69) is 10.1 Å². The number of nitrogens with one attached hydrogen (secondary N) is 1. The largest absolute Gasteiger partial charge is 0.495 e. The van der Waals surface area contributed by atoms with Crippen LogP contribution in [0.4, 0.5) is 14.5 Å². The number of carbonyl (C=O) groups is 1. The number of amides is 1. The molecule has 3 aromatic carbocycles. The van der Waals surface area contributed by atoms with Gasteiger partial charge in [0, 0.05) is 23.4 Å². The molecule has 0 aliphatic carbocycles. The van der Waals surface area contributed by atoms with Crippen molar-refractivity contribution in [2.75, 3.05) is 19.5 Å². The SMILES string of the molecule is COc1cc2c(cc1NC(=O)[C@H](C)N(C)Cc1ccc(OC(F)F)cc1)oc1ccccc12. The summed E-state index contributed by atoms with van der Waals surface area (Å²) in [7, 11) is 3.36. The standard InChI is InChI=1S/C25H24F2N2O4/c1-15(29(2)14-16-8-10-17(11-9-16)32-25(26)27)24(30)28-20-13-22-19(12-23(20)31-3)18-6-4-5-7-21(18)33-22/h4-13,15,25H,14H2,1-3H3,(H,28,30)/t15-/m0/s1. The first-order chi connectivity index (χ1) is 15.9. The van der Waals surface area contributed by atoms with Gasteiger partial charge >= 0.3 is 6.61 Å². The van der Waals surface area contributed by atoms with Crippen molar-refractivity contribution in [2.24, 2.45) is 0 Å². The van der Waals surface area contributed by atoms with Gasteiger partial charge in [0.1, 0.15) is 22.7 Å². The van der Waals surface area contributed by atoms with E-state index in [0.29, 0.717) is 23.6 Å². The van der Waals surface area contributed by atoms with Crippen LogP contribution in [-0.4, -0.2) is 37.6 Å². The van der Waals surface area contributed by atoms with E-state index >= 15 is 0 Å². The predicted molar refractivity (Wildman–Crippen MR) is 123 cm³/mol. The number of para-hydroxylation sites is 1. The number of likely N-dealkylation sites (N-methyl/N-ethyl adjacent to an activating group) is 1. The summed E-state index contributed by atoms with van der Waals surface area (Å²) in [6.45, 7) is -0.628. The maximum absolute atomic E-state index is 13.0. The number of carbonyl (C=O) groups excluding carboxylic acids is 1. The molecule has 0 fully saturated rings. The van der Waals surface area contributed by atoms with Gasteiger partial charge in [0.25, 0.3) is 0 Å². The fourth-order valence-electron chi connectivity index (χ4n) is 3.66. The van der Waals surface area contributed by atoms with Gasteiger partial charge < -0.3 is 19.2 Å². The van der Waals surface area contributed by atoms with Crippen molar-refractivity contribution in [3.63, 3.8) is 0 Å². The lowest BCUT2D eigenvalue weighted by atomic mass is 10.1. The quantitative estimate of drug-likeness (QED) is 0.373. The molecule has 4 rings (SSSR count). The Labute approximate surface area is 189 Å². The van der Waals surface area contributed by atoms with Crippen molar-refractivity contribution >= 4 is 33.5 Å². The van der Waals surface area contributed by atoms with Crippen molar-refractivity contribution in [1.82, 2.24) is 4.90 Å². The van der Waals surface area contributed by atoms with E-state index in [-0.39, 0.29) is 11.7 Å². The molecule has 1 amide bonds. The van der Waals surface area contributed by atoms with Crippen molar-refractivity contribution < 1.29 is 27.5 Å². The van der Waals surface area contributed by atoms with Crippen LogP contribution in [0.2, 0.25) is 0 Å². The zero-order valence-corrected chi connectivity index (χ0v) is 18.5. The highest BCUT2D eigenvalue weighted by atomic mass is 19.3. The van der Waals surface area contributed by atoms with Gasteiger partial charge in [-0.05, 0) is 43.8 Å². The first-order valence-corrected chi connectivity index (χ1v) is 10.4. The molecule has 6 nitrogen and oxygen atoms in total. The smallest absolute Gasteiger partial charge is 0.387 e. The number of halogens is 2. The van der Waals surface area contributed by atoms with Crippen molar-refractivity contribution in [2.45, 2.75) is 26.1 Å². The third-order valence-electron chi connectivity index (χ3n) is 5.58. The fourth-order valence-corrected chi connectivity index (χ4v) is 3.66. The van der Waals surface area contributed by atoms with Gasteiger partial charge in [0.2, 0.25) is 5.91 Å². The van der Waals surface area contributed by atoms with Gasteiger partial charge in [0.15, 0.2) is 0 Å². The van der Waals surface area contributed by atoms with E-state index in [1.54, 1.807) is 32.2 Å². The number of fused-ring (bicyclic) bond motifs is 3. The maximum atomic E-state index is 13.0. The Balaban J connectivity index is 1.48. The summed E-state index contributed by atoms with van der Waals surface area (Å²) >= 11 is 0. The molecule has 0 radical (unpaired) electrons. The summed E-state index contributed by atoms with van der Waals surface area (Å²) in [4.78, 5) is 14.8. The lowest BCUT2D eigenvalue weighted by Crippen LogP contribution is -2.39. The molecule has 1 atom stereocenters. The number of nitrogens with zero attached hydrogens (tertiary/aromatic N) is 1. The molecule has 0 saturated carbocycles. The van der Waals surface area contributed by atoms with E-state index in [9.17, 15) is 13.6 Å². The molecule has 0 aliphatic heterocycles. The van der Waals surface area contributed by atoms with Crippen LogP contribution in [-0.2, 0) is 11.3 Å². The second kappa shape index (κ2) is 9.46. The van der Waals surface area contributed by atoms with E-state index in [4.69, 9.17) is 9.15 Å². The highest BCUT2D eigenvalue weighted by molar-refractivity contribution is 6.08. The molecular formula is C25H24F2N2O4. The molecule has 1 aromatic heterocycles. The maximum Gasteiger partial charge on any atom is 0.387 e. The second-order valence-corrected chi connectivity index (χ2v) is 7.75. The monoisotopic (exact) mass is 454 g/mol. The van der Waals surface area contributed by atoms with Crippen molar-refractivity contribution in [3.8, 4) is 11.5 Å². The van der Waals surface area contributed by atoms with Crippen LogP contribution in [0.15, 0.2) is 65.1 Å². The molecule has 4 aromatic rings. The Morgan fingerprint density at radius 2 is 1.79 bits per heavy atom. The summed E-state index contributed by atoms with van der Waals surface area (Å²) in [6.07, 6.45) is 0. The van der Waals surface area contributed by atoms with E-state index in [0.717, 1.165) is 21.9 Å². The van der Waals surface area contributed by atoms with Gasteiger partial charge in [-0.3, -0.25) is 9.69 Å². The van der Waals surface area contributed by atoms with Crippen molar-refractivity contribution in [1.29, 1.82) is 0 Å². The lowest BCUT2D eigenvalue weighted by molar-refractivity contribution is -0.120. The molecule has 33 heavy (non-hydrogen) atoms. The number of alkyl halides is 2. The molecule has 0 saturated heterocycles. The summed E-state index contributed by atoms with van der Waals surface area (Å²) in [5.74, 6) is 0.408. The summed E-state index contributed by atoms with van der Waals surface area (Å²) in [5, 5.41) is 4.81. The van der Waals surface area contributed by atoms with E-state index < -0.39 is 12.7 Å². The highest BCUT2D eigenvalue weighted by Gasteiger charge is 2.21.